The summed E-state index contributed by atoms with van der Waals surface area (Å²) in [5.74, 6) is 1.10. The summed E-state index contributed by atoms with van der Waals surface area (Å²) in [7, 11) is 1.48. The molecule has 0 radical (unpaired) electrons. The molecule has 0 saturated heterocycles. The molecule has 234 valence electrons. The summed E-state index contributed by atoms with van der Waals surface area (Å²) in [5, 5.41) is 24.1. The zero-order valence-corrected chi connectivity index (χ0v) is 25.6. The van der Waals surface area contributed by atoms with Crippen LogP contribution < -0.4 is 14.8 Å². The lowest BCUT2D eigenvalue weighted by molar-refractivity contribution is -0.146. The molecule has 2 amide bonds. The predicted molar refractivity (Wildman–Crippen MR) is 162 cm³/mol. The fourth-order valence-corrected chi connectivity index (χ4v) is 8.09. The quantitative estimate of drug-likeness (QED) is 0.180. The van der Waals surface area contributed by atoms with Gasteiger partial charge < -0.3 is 29.9 Å². The number of methoxy groups -OCH3 is 1. The molecule has 1 aromatic rings. The number of benzene rings is 1. The largest absolute Gasteiger partial charge is 0.493 e. The van der Waals surface area contributed by atoms with Crippen LogP contribution in [0.4, 0.5) is 0 Å². The third-order valence-electron chi connectivity index (χ3n) is 10.6. The van der Waals surface area contributed by atoms with Crippen molar-refractivity contribution in [2.75, 3.05) is 26.8 Å². The Bertz CT molecular complexity index is 1270. The van der Waals surface area contributed by atoms with Gasteiger partial charge in [-0.1, -0.05) is 19.9 Å². The van der Waals surface area contributed by atoms with Crippen molar-refractivity contribution in [1.82, 2.24) is 10.2 Å². The Morgan fingerprint density at radius 2 is 2.05 bits per heavy atom. The number of rotatable bonds is 13. The van der Waals surface area contributed by atoms with E-state index in [1.54, 1.807) is 23.1 Å². The molecule has 4 aliphatic carbocycles. The summed E-state index contributed by atoms with van der Waals surface area (Å²) >= 11 is 0. The maximum atomic E-state index is 14.0. The Kier molecular flexibility index (Phi) is 9.32. The van der Waals surface area contributed by atoms with Crippen LogP contribution in [0.5, 0.6) is 11.5 Å². The van der Waals surface area contributed by atoms with E-state index < -0.39 is 30.1 Å². The number of aliphatic hydroxyl groups is 2. The zero-order valence-electron chi connectivity index (χ0n) is 25.6. The maximum absolute atomic E-state index is 14.0. The van der Waals surface area contributed by atoms with Crippen molar-refractivity contribution >= 4 is 18.1 Å². The molecule has 9 heteroatoms. The molecule has 1 aliphatic heterocycles. The van der Waals surface area contributed by atoms with Crippen molar-refractivity contribution in [1.29, 1.82) is 0 Å². The molecule has 43 heavy (non-hydrogen) atoms. The number of hydrogen-bond donors (Lipinski definition) is 3. The monoisotopic (exact) mass is 594 g/mol. The number of ether oxygens (including phenoxy) is 2. The zero-order chi connectivity index (χ0) is 30.9. The highest BCUT2D eigenvalue weighted by atomic mass is 16.5. The van der Waals surface area contributed by atoms with Crippen LogP contribution >= 0.6 is 0 Å². The number of carbonyl (C=O) groups excluding carboxylic acids is 3. The minimum Gasteiger partial charge on any atom is -0.493 e. The molecule has 1 heterocycles. The van der Waals surface area contributed by atoms with Gasteiger partial charge in [-0.15, -0.1) is 6.58 Å². The Hall–Kier alpha value is -3.17. The predicted octanol–water partition coefficient (Wildman–Crippen LogP) is 3.78. The van der Waals surface area contributed by atoms with Crippen molar-refractivity contribution in [3.63, 3.8) is 0 Å². The van der Waals surface area contributed by atoms with Gasteiger partial charge in [-0.25, -0.2) is 0 Å². The lowest BCUT2D eigenvalue weighted by Gasteiger charge is -2.61. The van der Waals surface area contributed by atoms with Crippen LogP contribution in [-0.4, -0.2) is 78.3 Å². The lowest BCUT2D eigenvalue weighted by Crippen LogP contribution is -2.59. The number of aldehydes is 1. The van der Waals surface area contributed by atoms with Gasteiger partial charge >= 0.3 is 0 Å². The number of nitrogens with one attached hydrogen (secondary N) is 1. The molecule has 5 aliphatic rings. The van der Waals surface area contributed by atoms with Crippen molar-refractivity contribution < 1.29 is 34.1 Å². The van der Waals surface area contributed by atoms with E-state index in [0.717, 1.165) is 31.6 Å². The van der Waals surface area contributed by atoms with E-state index >= 15 is 0 Å². The summed E-state index contributed by atoms with van der Waals surface area (Å²) in [4.78, 5) is 41.1. The van der Waals surface area contributed by atoms with Gasteiger partial charge in [0.2, 0.25) is 11.8 Å². The van der Waals surface area contributed by atoms with Crippen molar-refractivity contribution in [3.8, 4) is 11.5 Å². The Balaban J connectivity index is 1.53. The summed E-state index contributed by atoms with van der Waals surface area (Å²) < 4.78 is 11.9. The van der Waals surface area contributed by atoms with E-state index in [-0.39, 0.29) is 24.5 Å². The van der Waals surface area contributed by atoms with Gasteiger partial charge in [0.05, 0.1) is 25.7 Å². The molecule has 6 rings (SSSR count). The molecule has 0 aromatic heterocycles. The van der Waals surface area contributed by atoms with E-state index in [0.29, 0.717) is 65.7 Å². The molecule has 2 bridgehead atoms. The second kappa shape index (κ2) is 12.8. The number of aliphatic hydroxyl groups excluding tert-OH is 2. The first-order valence-corrected chi connectivity index (χ1v) is 15.7. The first-order chi connectivity index (χ1) is 20.7. The standard InChI is InChI=1S/C34H46N2O7/c1-5-6-7-8-9-28(39)36(18-21-10-11-22-16-25(21)34(22,2)3)26-17-24(33(41)35-12-13-37)29-23-14-20(19-38)15-27(42-4)31(23)43-32(29)30(26)40/h5,14-15,17,19,21-22,25-26,29-30,32,37,40H,1,6-13,16,18H2,2-4H3,(H,35,41)/t21-,22-,25-,26+,29-,30-,32-/m0/s1. The van der Waals surface area contributed by atoms with Gasteiger partial charge in [0.15, 0.2) is 11.5 Å². The average molecular weight is 595 g/mol. The summed E-state index contributed by atoms with van der Waals surface area (Å²) in [6.45, 7) is 8.77. The van der Waals surface area contributed by atoms with Crippen molar-refractivity contribution in [3.05, 3.63) is 47.6 Å². The average Bonchev–Trinajstić information content (AvgIpc) is 3.40. The van der Waals surface area contributed by atoms with E-state index in [9.17, 15) is 24.6 Å². The molecular formula is C34H46N2O7. The van der Waals surface area contributed by atoms with Gasteiger partial charge in [0, 0.05) is 36.2 Å². The molecule has 3 fully saturated rings. The Morgan fingerprint density at radius 1 is 1.26 bits per heavy atom. The number of nitrogens with zero attached hydrogens (tertiary/aromatic N) is 1. The normalized spacial score (nSPS) is 29.6. The van der Waals surface area contributed by atoms with Crippen LogP contribution in [0.15, 0.2) is 36.4 Å². The maximum Gasteiger partial charge on any atom is 0.247 e. The summed E-state index contributed by atoms with van der Waals surface area (Å²) in [5.41, 5.74) is 1.51. The molecule has 3 N–H and O–H groups in total. The number of allylic oxidation sites excluding steroid dienone is 1. The number of unbranched alkanes of at least 4 members (excludes halogenated alkanes) is 2. The second-order valence-corrected chi connectivity index (χ2v) is 13.2. The fraction of sp³-hybridized carbons (Fsp3) is 0.618. The highest BCUT2D eigenvalue weighted by molar-refractivity contribution is 5.96. The smallest absolute Gasteiger partial charge is 0.247 e. The van der Waals surface area contributed by atoms with Gasteiger partial charge in [-0.3, -0.25) is 14.4 Å². The first-order valence-electron chi connectivity index (χ1n) is 15.7. The first kappa shape index (κ1) is 31.3. The van der Waals surface area contributed by atoms with Crippen LogP contribution in [0, 0.1) is 23.2 Å². The van der Waals surface area contributed by atoms with Gasteiger partial charge in [0.1, 0.15) is 18.5 Å². The minimum absolute atomic E-state index is 0.0477. The Morgan fingerprint density at radius 3 is 2.70 bits per heavy atom. The minimum atomic E-state index is -1.13. The molecule has 0 unspecified atom stereocenters. The molecular weight excluding hydrogens is 548 g/mol. The number of hydrogen-bond acceptors (Lipinski definition) is 7. The van der Waals surface area contributed by atoms with Crippen molar-refractivity contribution in [2.45, 2.75) is 83.0 Å². The molecule has 9 nitrogen and oxygen atoms in total. The summed E-state index contributed by atoms with van der Waals surface area (Å²) in [6.07, 6.45) is 8.34. The van der Waals surface area contributed by atoms with Gasteiger partial charge in [-0.2, -0.15) is 0 Å². The highest BCUT2D eigenvalue weighted by Crippen LogP contribution is 2.61. The third-order valence-corrected chi connectivity index (χ3v) is 10.6. The molecule has 1 aromatic carbocycles. The van der Waals surface area contributed by atoms with E-state index in [2.05, 4.69) is 25.7 Å². The number of amides is 2. The van der Waals surface area contributed by atoms with Crippen LogP contribution in [-0.2, 0) is 9.59 Å². The number of fused-ring (bicyclic) bond motifs is 5. The fourth-order valence-electron chi connectivity index (χ4n) is 8.09. The van der Waals surface area contributed by atoms with E-state index in [1.807, 2.05) is 6.08 Å². The van der Waals surface area contributed by atoms with E-state index in [4.69, 9.17) is 9.47 Å². The summed E-state index contributed by atoms with van der Waals surface area (Å²) in [6, 6.07) is 2.45. The topological polar surface area (TPSA) is 125 Å². The molecule has 7 atom stereocenters. The number of carbonyl (C=O) groups is 3. The Labute approximate surface area is 254 Å². The van der Waals surface area contributed by atoms with Crippen molar-refractivity contribution in [2.24, 2.45) is 23.2 Å². The highest BCUT2D eigenvalue weighted by Gasteiger charge is 2.56. The molecule has 0 spiro atoms. The van der Waals surface area contributed by atoms with Crippen LogP contribution in [0.2, 0.25) is 0 Å². The molecule has 3 saturated carbocycles. The van der Waals surface area contributed by atoms with Gasteiger partial charge in [-0.05, 0) is 79.9 Å². The van der Waals surface area contributed by atoms with Crippen LogP contribution in [0.1, 0.15) is 80.6 Å². The second-order valence-electron chi connectivity index (χ2n) is 13.2. The third kappa shape index (κ3) is 5.74. The SMILES string of the molecule is C=CCCCCC(=O)N(C[C@@H]1CC[C@H]2C[C@@H]1C2(C)C)[C@@H]1C=C(C(=O)NCCO)[C@@H]2c3cc(C=O)cc(OC)c3O[C@@H]2[C@H]1O. The van der Waals surface area contributed by atoms with Gasteiger partial charge in [0.25, 0.3) is 0 Å². The van der Waals surface area contributed by atoms with Crippen LogP contribution in [0.3, 0.4) is 0 Å². The van der Waals surface area contributed by atoms with Crippen LogP contribution in [0.25, 0.3) is 0 Å². The lowest BCUT2D eigenvalue weighted by atomic mass is 9.45. The van der Waals surface area contributed by atoms with E-state index in [1.165, 1.54) is 13.5 Å².